The third-order valence-electron chi connectivity index (χ3n) is 1.54. The van der Waals surface area contributed by atoms with Crippen molar-refractivity contribution in [2.75, 3.05) is 0 Å². The fourth-order valence-electron chi connectivity index (χ4n) is 0.942. The van der Waals surface area contributed by atoms with Crippen molar-refractivity contribution >= 4 is 10.1 Å². The van der Waals surface area contributed by atoms with E-state index in [-0.39, 0.29) is 29.6 Å². The van der Waals surface area contributed by atoms with Gasteiger partial charge in [0.15, 0.2) is 0 Å². The summed E-state index contributed by atoms with van der Waals surface area (Å²) in [6.45, 7) is 1.03. The van der Waals surface area contributed by atoms with Gasteiger partial charge in [-0.05, 0) is 19.1 Å². The molecule has 14 heavy (non-hydrogen) atoms. The summed E-state index contributed by atoms with van der Waals surface area (Å²) in [6.07, 6.45) is 0. The van der Waals surface area contributed by atoms with Crippen LogP contribution in [0.3, 0.4) is 0 Å². The molecular formula is C7H5F2NaO3S. The third-order valence-corrected chi connectivity index (χ3v) is 2.54. The van der Waals surface area contributed by atoms with Crippen LogP contribution in [-0.2, 0) is 10.1 Å². The molecular weight excluding hydrogens is 225 g/mol. The van der Waals surface area contributed by atoms with Gasteiger partial charge in [0.2, 0.25) is 0 Å². The number of hydrogen-bond acceptors (Lipinski definition) is 3. The van der Waals surface area contributed by atoms with Gasteiger partial charge in [0.05, 0.1) is 4.90 Å². The summed E-state index contributed by atoms with van der Waals surface area (Å²) in [5, 5.41) is 0. The van der Waals surface area contributed by atoms with Gasteiger partial charge >= 0.3 is 29.6 Å². The Morgan fingerprint density at radius 2 is 1.64 bits per heavy atom. The monoisotopic (exact) mass is 230 g/mol. The summed E-state index contributed by atoms with van der Waals surface area (Å²) >= 11 is 0. The van der Waals surface area contributed by atoms with Crippen molar-refractivity contribution in [2.45, 2.75) is 11.8 Å². The number of rotatable bonds is 1. The van der Waals surface area contributed by atoms with Gasteiger partial charge < -0.3 is 4.55 Å². The van der Waals surface area contributed by atoms with Crippen molar-refractivity contribution in [1.82, 2.24) is 0 Å². The molecule has 3 nitrogen and oxygen atoms in total. The largest absolute Gasteiger partial charge is 1.00 e. The zero-order chi connectivity index (χ0) is 10.2. The number of hydrogen-bond donors (Lipinski definition) is 0. The molecule has 0 aliphatic carbocycles. The van der Waals surface area contributed by atoms with Crippen LogP contribution in [-0.4, -0.2) is 13.0 Å². The first-order valence-corrected chi connectivity index (χ1v) is 4.65. The average Bonchev–Trinajstić information content (AvgIpc) is 1.95. The maximum atomic E-state index is 12.8. The second-order valence-corrected chi connectivity index (χ2v) is 3.75. The van der Waals surface area contributed by atoms with Crippen LogP contribution in [0.15, 0.2) is 17.0 Å². The number of halogens is 2. The molecule has 0 N–H and O–H groups in total. The summed E-state index contributed by atoms with van der Waals surface area (Å²) < 4.78 is 56.9. The first-order chi connectivity index (χ1) is 5.84. The fourth-order valence-corrected chi connectivity index (χ4v) is 1.72. The van der Waals surface area contributed by atoms with Crippen LogP contribution in [0.2, 0.25) is 0 Å². The molecule has 1 aromatic carbocycles. The molecule has 0 atom stereocenters. The smallest absolute Gasteiger partial charge is 0.744 e. The molecule has 0 fully saturated rings. The van der Waals surface area contributed by atoms with E-state index in [2.05, 4.69) is 0 Å². The van der Waals surface area contributed by atoms with Crippen LogP contribution < -0.4 is 29.6 Å². The van der Waals surface area contributed by atoms with Crippen LogP contribution >= 0.6 is 0 Å². The second kappa shape index (κ2) is 4.67. The molecule has 0 aromatic heterocycles. The van der Waals surface area contributed by atoms with Crippen molar-refractivity contribution in [3.63, 3.8) is 0 Å². The summed E-state index contributed by atoms with van der Waals surface area (Å²) in [4.78, 5) is -1.12. The predicted octanol–water partition coefficient (Wildman–Crippen LogP) is -1.82. The molecule has 1 rings (SSSR count). The van der Waals surface area contributed by atoms with Gasteiger partial charge in [0, 0.05) is 5.56 Å². The summed E-state index contributed by atoms with van der Waals surface area (Å²) in [5.74, 6) is -2.15. The van der Waals surface area contributed by atoms with E-state index in [0.717, 1.165) is 13.0 Å². The van der Waals surface area contributed by atoms with Crippen LogP contribution in [0.25, 0.3) is 0 Å². The molecule has 0 aliphatic heterocycles. The Kier molecular flexibility index (Phi) is 4.67. The Hall–Kier alpha value is -0.0100. The molecule has 0 bridgehead atoms. The molecule has 0 saturated heterocycles. The maximum absolute atomic E-state index is 12.8. The molecule has 0 radical (unpaired) electrons. The first kappa shape index (κ1) is 14.0. The third kappa shape index (κ3) is 2.74. The molecule has 0 saturated carbocycles. The Morgan fingerprint density at radius 3 is 2.00 bits per heavy atom. The minimum absolute atomic E-state index is 0. The normalized spacial score (nSPS) is 10.9. The van der Waals surface area contributed by atoms with Crippen molar-refractivity contribution in [2.24, 2.45) is 0 Å². The van der Waals surface area contributed by atoms with Gasteiger partial charge in [-0.2, -0.15) is 0 Å². The standard InChI is InChI=1S/C7H6F2O3S.Na/c1-4-5(8)2-3-6(9)7(4)13(10,11)12;/h2-3H,1H3,(H,10,11,12);/q;+1/p-1. The minimum Gasteiger partial charge on any atom is -0.744 e. The summed E-state index contributed by atoms with van der Waals surface area (Å²) in [7, 11) is -4.95. The molecule has 0 aliphatic rings. The maximum Gasteiger partial charge on any atom is 1.00 e. The van der Waals surface area contributed by atoms with Gasteiger partial charge in [-0.15, -0.1) is 0 Å². The molecule has 0 spiro atoms. The molecule has 72 valence electrons. The van der Waals surface area contributed by atoms with Crippen molar-refractivity contribution in [3.05, 3.63) is 29.3 Å². The fraction of sp³-hybridized carbons (Fsp3) is 0.143. The average molecular weight is 230 g/mol. The number of benzene rings is 1. The van der Waals surface area contributed by atoms with Crippen LogP contribution in [0.1, 0.15) is 5.56 Å². The van der Waals surface area contributed by atoms with Crippen LogP contribution in [0.4, 0.5) is 8.78 Å². The summed E-state index contributed by atoms with van der Waals surface area (Å²) in [5.41, 5.74) is -0.491. The van der Waals surface area contributed by atoms with E-state index in [4.69, 9.17) is 0 Å². The van der Waals surface area contributed by atoms with Crippen molar-refractivity contribution in [1.29, 1.82) is 0 Å². The Balaban J connectivity index is 0.00000169. The van der Waals surface area contributed by atoms with Gasteiger partial charge in [0.1, 0.15) is 21.8 Å². The second-order valence-electron chi connectivity index (χ2n) is 2.44. The van der Waals surface area contributed by atoms with Gasteiger partial charge in [-0.25, -0.2) is 17.2 Å². The quantitative estimate of drug-likeness (QED) is 0.421. The summed E-state index contributed by atoms with van der Waals surface area (Å²) in [6, 6.07) is 1.37. The van der Waals surface area contributed by atoms with E-state index in [1.807, 2.05) is 0 Å². The van der Waals surface area contributed by atoms with E-state index < -0.39 is 32.2 Å². The zero-order valence-electron chi connectivity index (χ0n) is 7.54. The van der Waals surface area contributed by atoms with Crippen molar-refractivity contribution < 1.29 is 51.3 Å². The Morgan fingerprint density at radius 1 is 1.21 bits per heavy atom. The molecule has 0 amide bonds. The van der Waals surface area contributed by atoms with E-state index in [1.54, 1.807) is 0 Å². The van der Waals surface area contributed by atoms with Crippen LogP contribution in [0, 0.1) is 18.6 Å². The first-order valence-electron chi connectivity index (χ1n) is 3.24. The molecule has 1 aromatic rings. The molecule has 7 heteroatoms. The topological polar surface area (TPSA) is 57.2 Å². The van der Waals surface area contributed by atoms with Gasteiger partial charge in [-0.3, -0.25) is 0 Å². The SMILES string of the molecule is Cc1c(F)ccc(F)c1S(=O)(=O)[O-].[Na+]. The molecule has 0 unspecified atom stereocenters. The van der Waals surface area contributed by atoms with Crippen molar-refractivity contribution in [3.8, 4) is 0 Å². The van der Waals surface area contributed by atoms with E-state index >= 15 is 0 Å². The van der Waals surface area contributed by atoms with E-state index in [1.165, 1.54) is 0 Å². The Labute approximate surface area is 102 Å². The van der Waals surface area contributed by atoms with Crippen LogP contribution in [0.5, 0.6) is 0 Å². The predicted molar refractivity (Wildman–Crippen MR) is 39.1 cm³/mol. The zero-order valence-corrected chi connectivity index (χ0v) is 10.4. The van der Waals surface area contributed by atoms with Gasteiger partial charge in [0.25, 0.3) is 0 Å². The Bertz CT molecular complexity index is 444. The van der Waals surface area contributed by atoms with E-state index in [0.29, 0.717) is 6.07 Å². The molecule has 0 heterocycles. The van der Waals surface area contributed by atoms with Gasteiger partial charge in [-0.1, -0.05) is 0 Å². The van der Waals surface area contributed by atoms with E-state index in [9.17, 15) is 21.8 Å². The minimum atomic E-state index is -4.95.